The van der Waals surface area contributed by atoms with E-state index >= 15 is 0 Å². The molecule has 0 amide bonds. The lowest BCUT2D eigenvalue weighted by Gasteiger charge is -2.34. The van der Waals surface area contributed by atoms with Gasteiger partial charge >= 0.3 is 0 Å². The van der Waals surface area contributed by atoms with E-state index in [0.717, 1.165) is 38.3 Å². The second-order valence-electron chi connectivity index (χ2n) is 7.30. The minimum absolute atomic E-state index is 0.314. The van der Waals surface area contributed by atoms with Gasteiger partial charge in [0.25, 0.3) is 0 Å². The molecule has 0 spiro atoms. The van der Waals surface area contributed by atoms with Gasteiger partial charge in [0.1, 0.15) is 0 Å². The molecular weight excluding hydrogens is 236 g/mol. The topological polar surface area (TPSA) is 57.9 Å². The largest absolute Gasteiger partial charge is 0.353 e. The zero-order valence-electron chi connectivity index (χ0n) is 12.4. The number of rotatable bonds is 1. The van der Waals surface area contributed by atoms with Crippen LogP contribution in [-0.2, 0) is 12.8 Å². The molecule has 1 aromatic heterocycles. The predicted molar refractivity (Wildman–Crippen MR) is 78.4 cm³/mol. The molecule has 1 fully saturated rings. The maximum Gasteiger partial charge on any atom is 0.153 e. The molecule has 19 heavy (non-hydrogen) atoms. The molecule has 1 saturated heterocycles. The van der Waals surface area contributed by atoms with Crippen molar-refractivity contribution in [3.05, 3.63) is 11.3 Å². The summed E-state index contributed by atoms with van der Waals surface area (Å²) in [5.74, 6) is 1.93. The zero-order chi connectivity index (χ0) is 13.6. The number of hydrogen-bond acceptors (Lipinski definition) is 3. The molecule has 106 valence electrons. The fraction of sp³-hybridized carbons (Fsp3) is 0.800. The maximum atomic E-state index is 6.02. The number of nitrogens with zero attached hydrogens (tertiary/aromatic N) is 2. The van der Waals surface area contributed by atoms with Crippen LogP contribution in [0.1, 0.15) is 44.9 Å². The van der Waals surface area contributed by atoms with Crippen LogP contribution in [0.15, 0.2) is 0 Å². The Labute approximate surface area is 115 Å². The predicted octanol–water partition coefficient (Wildman–Crippen LogP) is 2.10. The standard InChI is InChI=1S/C15H26N4/c1-15(2,3)10-4-5-13-12(8-10)14(18-17-13)19-7-6-11(16)9-19/h10-11H,4-9,16H2,1-3H3,(H,17,18). The molecule has 1 aromatic rings. The molecule has 2 atom stereocenters. The molecular formula is C15H26N4. The molecule has 1 aliphatic heterocycles. The highest BCUT2D eigenvalue weighted by molar-refractivity contribution is 5.51. The fourth-order valence-corrected chi connectivity index (χ4v) is 3.46. The Kier molecular flexibility index (Phi) is 3.08. The maximum absolute atomic E-state index is 6.02. The molecule has 4 heteroatoms. The molecule has 3 rings (SSSR count). The Morgan fingerprint density at radius 1 is 1.32 bits per heavy atom. The number of nitrogens with one attached hydrogen (secondary N) is 1. The van der Waals surface area contributed by atoms with Gasteiger partial charge in [-0.15, -0.1) is 0 Å². The second-order valence-corrected chi connectivity index (χ2v) is 7.30. The number of nitrogens with two attached hydrogens (primary N) is 1. The van der Waals surface area contributed by atoms with E-state index in [1.54, 1.807) is 0 Å². The first-order chi connectivity index (χ1) is 8.95. The van der Waals surface area contributed by atoms with E-state index in [2.05, 4.69) is 35.9 Å². The summed E-state index contributed by atoms with van der Waals surface area (Å²) >= 11 is 0. The fourth-order valence-electron chi connectivity index (χ4n) is 3.46. The van der Waals surface area contributed by atoms with E-state index in [4.69, 9.17) is 5.73 Å². The number of aromatic nitrogens is 2. The Morgan fingerprint density at radius 2 is 2.11 bits per heavy atom. The lowest BCUT2D eigenvalue weighted by molar-refractivity contribution is 0.215. The molecule has 0 bridgehead atoms. The summed E-state index contributed by atoms with van der Waals surface area (Å²) < 4.78 is 0. The minimum Gasteiger partial charge on any atom is -0.353 e. The third kappa shape index (κ3) is 2.38. The Balaban J connectivity index is 1.84. The molecule has 3 N–H and O–H groups in total. The van der Waals surface area contributed by atoms with Crippen molar-refractivity contribution in [3.63, 3.8) is 0 Å². The highest BCUT2D eigenvalue weighted by atomic mass is 15.3. The third-order valence-corrected chi connectivity index (χ3v) is 4.87. The van der Waals surface area contributed by atoms with E-state index in [-0.39, 0.29) is 0 Å². The van der Waals surface area contributed by atoms with Crippen LogP contribution in [0.2, 0.25) is 0 Å². The highest BCUT2D eigenvalue weighted by Gasteiger charge is 2.33. The van der Waals surface area contributed by atoms with E-state index < -0.39 is 0 Å². The van der Waals surface area contributed by atoms with Crippen LogP contribution in [0.5, 0.6) is 0 Å². The smallest absolute Gasteiger partial charge is 0.153 e. The quantitative estimate of drug-likeness (QED) is 0.815. The van der Waals surface area contributed by atoms with Crippen molar-refractivity contribution in [2.75, 3.05) is 18.0 Å². The first kappa shape index (κ1) is 13.0. The summed E-state index contributed by atoms with van der Waals surface area (Å²) in [5.41, 5.74) is 9.22. The number of fused-ring (bicyclic) bond motifs is 1. The second kappa shape index (κ2) is 4.51. The van der Waals surface area contributed by atoms with Gasteiger partial charge in [-0.1, -0.05) is 20.8 Å². The Bertz CT molecular complexity index is 457. The number of aryl methyl sites for hydroxylation is 1. The van der Waals surface area contributed by atoms with Crippen molar-refractivity contribution in [1.29, 1.82) is 0 Å². The van der Waals surface area contributed by atoms with Crippen LogP contribution >= 0.6 is 0 Å². The molecule has 0 radical (unpaired) electrons. The van der Waals surface area contributed by atoms with Gasteiger partial charge in [0.2, 0.25) is 0 Å². The van der Waals surface area contributed by atoms with Crippen molar-refractivity contribution >= 4 is 5.82 Å². The van der Waals surface area contributed by atoms with Crippen molar-refractivity contribution in [2.45, 2.75) is 52.5 Å². The number of aromatic amines is 1. The molecule has 2 unspecified atom stereocenters. The van der Waals surface area contributed by atoms with Crippen LogP contribution in [-0.4, -0.2) is 29.3 Å². The summed E-state index contributed by atoms with van der Waals surface area (Å²) in [6.45, 7) is 9.08. The van der Waals surface area contributed by atoms with Crippen molar-refractivity contribution in [1.82, 2.24) is 10.2 Å². The monoisotopic (exact) mass is 262 g/mol. The lowest BCUT2D eigenvalue weighted by Crippen LogP contribution is -2.30. The van der Waals surface area contributed by atoms with Gasteiger partial charge in [0, 0.05) is 30.4 Å². The van der Waals surface area contributed by atoms with E-state index in [1.807, 2.05) is 0 Å². The normalized spacial score (nSPS) is 27.7. The van der Waals surface area contributed by atoms with Gasteiger partial charge < -0.3 is 10.6 Å². The number of anilines is 1. The van der Waals surface area contributed by atoms with Gasteiger partial charge in [-0.05, 0) is 37.0 Å². The minimum atomic E-state index is 0.314. The average Bonchev–Trinajstić information content (AvgIpc) is 2.92. The van der Waals surface area contributed by atoms with Crippen LogP contribution in [0.3, 0.4) is 0 Å². The van der Waals surface area contributed by atoms with Crippen LogP contribution in [0.4, 0.5) is 5.82 Å². The van der Waals surface area contributed by atoms with Gasteiger partial charge in [0.15, 0.2) is 5.82 Å². The van der Waals surface area contributed by atoms with Gasteiger partial charge in [0.05, 0.1) is 0 Å². The van der Waals surface area contributed by atoms with Crippen LogP contribution < -0.4 is 10.6 Å². The number of hydrogen-bond donors (Lipinski definition) is 2. The average molecular weight is 262 g/mol. The number of H-pyrrole nitrogens is 1. The first-order valence-corrected chi connectivity index (χ1v) is 7.52. The molecule has 4 nitrogen and oxygen atoms in total. The van der Waals surface area contributed by atoms with Gasteiger partial charge in [-0.25, -0.2) is 0 Å². The summed E-state index contributed by atoms with van der Waals surface area (Å²) in [4.78, 5) is 2.37. The lowest BCUT2D eigenvalue weighted by atomic mass is 9.72. The van der Waals surface area contributed by atoms with Crippen LogP contribution in [0, 0.1) is 11.3 Å². The van der Waals surface area contributed by atoms with Crippen molar-refractivity contribution in [3.8, 4) is 0 Å². The Hall–Kier alpha value is -1.03. The summed E-state index contributed by atoms with van der Waals surface area (Å²) in [7, 11) is 0. The van der Waals surface area contributed by atoms with Crippen molar-refractivity contribution in [2.24, 2.45) is 17.1 Å². The van der Waals surface area contributed by atoms with E-state index in [0.29, 0.717) is 11.5 Å². The molecule has 0 aromatic carbocycles. The summed E-state index contributed by atoms with van der Waals surface area (Å²) in [6.07, 6.45) is 4.67. The summed E-state index contributed by atoms with van der Waals surface area (Å²) in [6, 6.07) is 0.314. The third-order valence-electron chi connectivity index (χ3n) is 4.87. The van der Waals surface area contributed by atoms with E-state index in [9.17, 15) is 0 Å². The zero-order valence-corrected chi connectivity index (χ0v) is 12.4. The highest BCUT2D eigenvalue weighted by Crippen LogP contribution is 2.39. The molecule has 2 heterocycles. The Morgan fingerprint density at radius 3 is 2.74 bits per heavy atom. The van der Waals surface area contributed by atoms with Gasteiger partial charge in [-0.2, -0.15) is 5.10 Å². The SMILES string of the molecule is CC(C)(C)C1CCc2[nH]nc(N3CCC(N)C3)c2C1. The summed E-state index contributed by atoms with van der Waals surface area (Å²) in [5, 5.41) is 7.83. The van der Waals surface area contributed by atoms with Crippen molar-refractivity contribution < 1.29 is 0 Å². The molecule has 1 aliphatic carbocycles. The molecule has 2 aliphatic rings. The first-order valence-electron chi connectivity index (χ1n) is 7.52. The van der Waals surface area contributed by atoms with E-state index in [1.165, 1.54) is 23.5 Å². The van der Waals surface area contributed by atoms with Gasteiger partial charge in [-0.3, -0.25) is 5.10 Å². The van der Waals surface area contributed by atoms with Crippen LogP contribution in [0.25, 0.3) is 0 Å². The molecule has 0 saturated carbocycles.